The summed E-state index contributed by atoms with van der Waals surface area (Å²) >= 11 is 0. The van der Waals surface area contributed by atoms with Crippen LogP contribution in [0.25, 0.3) is 0 Å². The number of aromatic nitrogens is 1. The Morgan fingerprint density at radius 1 is 1.06 bits per heavy atom. The molecular weight excluding hydrogens is 216 g/mol. The predicted molar refractivity (Wildman–Crippen MR) is 63.3 cm³/mol. The van der Waals surface area contributed by atoms with E-state index in [4.69, 9.17) is 0 Å². The van der Waals surface area contributed by atoms with Crippen molar-refractivity contribution < 1.29 is 4.92 Å². The first kappa shape index (κ1) is 10.8. The fraction of sp³-hybridized carbons (Fsp3) is 0. The molecule has 0 aliphatic heterocycles. The molecule has 0 atom stereocenters. The average Bonchev–Trinajstić information content (AvgIpc) is 2.38. The average molecular weight is 224 g/mol. The number of rotatable bonds is 1. The molecular formula is C13H8N2O2. The largest absolute Gasteiger partial charge is 0.303 e. The minimum atomic E-state index is -0.484. The second-order valence-corrected chi connectivity index (χ2v) is 3.24. The molecule has 4 heteroatoms. The maximum atomic E-state index is 10.7. The van der Waals surface area contributed by atoms with Gasteiger partial charge in [0.05, 0.1) is 4.92 Å². The quantitative estimate of drug-likeness (QED) is 0.424. The number of nitro groups is 1. The number of benzene rings is 1. The Hall–Kier alpha value is -2.67. The molecule has 0 bridgehead atoms. The Balaban J connectivity index is 2.38. The molecule has 0 N–H and O–H groups in total. The van der Waals surface area contributed by atoms with E-state index in [1.54, 1.807) is 0 Å². The second-order valence-electron chi connectivity index (χ2n) is 3.24. The standard InChI is InChI=1S/C13H8N2O2/c16-15(17)13-7-4-10-14-12(13)9-8-11-5-2-1-3-6-11/h1-7,10H. The van der Waals surface area contributed by atoms with Gasteiger partial charge in [0.1, 0.15) is 0 Å². The van der Waals surface area contributed by atoms with Crippen molar-refractivity contribution in [1.82, 2.24) is 4.98 Å². The number of pyridine rings is 1. The van der Waals surface area contributed by atoms with Crippen molar-refractivity contribution in [2.24, 2.45) is 0 Å². The normalized spacial score (nSPS) is 9.18. The lowest BCUT2D eigenvalue weighted by atomic mass is 10.2. The Morgan fingerprint density at radius 3 is 2.53 bits per heavy atom. The van der Waals surface area contributed by atoms with Gasteiger partial charge in [-0.3, -0.25) is 10.1 Å². The SMILES string of the molecule is O=[N+]([O-])c1cccnc1C#Cc1ccccc1. The van der Waals surface area contributed by atoms with Gasteiger partial charge >= 0.3 is 5.69 Å². The van der Waals surface area contributed by atoms with Crippen LogP contribution in [0.4, 0.5) is 5.69 Å². The molecule has 82 valence electrons. The molecule has 17 heavy (non-hydrogen) atoms. The van der Waals surface area contributed by atoms with E-state index in [2.05, 4.69) is 16.8 Å². The summed E-state index contributed by atoms with van der Waals surface area (Å²) in [7, 11) is 0. The van der Waals surface area contributed by atoms with E-state index in [0.29, 0.717) is 0 Å². The maximum absolute atomic E-state index is 10.7. The van der Waals surface area contributed by atoms with Crippen LogP contribution in [0.1, 0.15) is 11.3 Å². The van der Waals surface area contributed by atoms with Crippen LogP contribution >= 0.6 is 0 Å². The van der Waals surface area contributed by atoms with Crippen molar-refractivity contribution in [2.75, 3.05) is 0 Å². The van der Waals surface area contributed by atoms with Crippen molar-refractivity contribution in [1.29, 1.82) is 0 Å². The summed E-state index contributed by atoms with van der Waals surface area (Å²) in [6.07, 6.45) is 1.49. The third kappa shape index (κ3) is 2.67. The van der Waals surface area contributed by atoms with Crippen LogP contribution in [0, 0.1) is 22.0 Å². The van der Waals surface area contributed by atoms with E-state index in [1.807, 2.05) is 30.3 Å². The third-order valence-electron chi connectivity index (χ3n) is 2.08. The lowest BCUT2D eigenvalue weighted by molar-refractivity contribution is -0.385. The van der Waals surface area contributed by atoms with Gasteiger partial charge in [-0.15, -0.1) is 0 Å². The summed E-state index contributed by atoms with van der Waals surface area (Å²) in [6, 6.07) is 12.2. The van der Waals surface area contributed by atoms with Crippen molar-refractivity contribution in [3.8, 4) is 11.8 Å². The van der Waals surface area contributed by atoms with Gasteiger partial charge in [-0.05, 0) is 24.1 Å². The van der Waals surface area contributed by atoms with Crippen molar-refractivity contribution in [3.63, 3.8) is 0 Å². The van der Waals surface area contributed by atoms with E-state index in [9.17, 15) is 10.1 Å². The molecule has 2 rings (SSSR count). The smallest absolute Gasteiger partial charge is 0.258 e. The highest BCUT2D eigenvalue weighted by atomic mass is 16.6. The first-order valence-electron chi connectivity index (χ1n) is 4.94. The molecule has 1 aromatic carbocycles. The Kier molecular flexibility index (Phi) is 3.13. The Bertz CT molecular complexity index is 598. The zero-order valence-corrected chi connectivity index (χ0v) is 8.83. The molecule has 0 fully saturated rings. The van der Waals surface area contributed by atoms with Gasteiger partial charge in [0, 0.05) is 17.8 Å². The first-order valence-corrected chi connectivity index (χ1v) is 4.94. The molecule has 1 aromatic heterocycles. The Labute approximate surface area is 98.1 Å². The summed E-state index contributed by atoms with van der Waals surface area (Å²) in [5.41, 5.74) is 0.907. The molecule has 0 saturated carbocycles. The third-order valence-corrected chi connectivity index (χ3v) is 2.08. The van der Waals surface area contributed by atoms with Crippen LogP contribution in [0.3, 0.4) is 0 Å². The van der Waals surface area contributed by atoms with Crippen LogP contribution in [0.15, 0.2) is 48.7 Å². The summed E-state index contributed by atoms with van der Waals surface area (Å²) in [5.74, 6) is 5.55. The lowest BCUT2D eigenvalue weighted by Crippen LogP contribution is -1.93. The highest BCUT2D eigenvalue weighted by molar-refractivity contribution is 5.49. The summed E-state index contributed by atoms with van der Waals surface area (Å²) in [5, 5.41) is 10.7. The second kappa shape index (κ2) is 4.90. The molecule has 4 nitrogen and oxygen atoms in total. The number of hydrogen-bond acceptors (Lipinski definition) is 3. The van der Waals surface area contributed by atoms with Crippen molar-refractivity contribution in [2.45, 2.75) is 0 Å². The summed E-state index contributed by atoms with van der Waals surface area (Å²) in [6.45, 7) is 0. The van der Waals surface area contributed by atoms with Crippen molar-refractivity contribution >= 4 is 5.69 Å². The molecule has 1 heterocycles. The fourth-order valence-corrected chi connectivity index (χ4v) is 1.29. The predicted octanol–water partition coefficient (Wildman–Crippen LogP) is 2.39. The van der Waals surface area contributed by atoms with Crippen LogP contribution in [0.2, 0.25) is 0 Å². The van der Waals surface area contributed by atoms with E-state index in [1.165, 1.54) is 18.3 Å². The van der Waals surface area contributed by atoms with E-state index >= 15 is 0 Å². The van der Waals surface area contributed by atoms with Crippen LogP contribution < -0.4 is 0 Å². The van der Waals surface area contributed by atoms with E-state index in [-0.39, 0.29) is 11.4 Å². The van der Waals surface area contributed by atoms with E-state index in [0.717, 1.165) is 5.56 Å². The molecule has 0 saturated heterocycles. The van der Waals surface area contributed by atoms with Crippen LogP contribution in [0.5, 0.6) is 0 Å². The van der Waals surface area contributed by atoms with Crippen LogP contribution in [-0.4, -0.2) is 9.91 Å². The van der Waals surface area contributed by atoms with Gasteiger partial charge in [-0.2, -0.15) is 0 Å². The molecule has 0 unspecified atom stereocenters. The van der Waals surface area contributed by atoms with Gasteiger partial charge in [0.2, 0.25) is 0 Å². The minimum absolute atomic E-state index is 0.0732. The number of hydrogen-bond donors (Lipinski definition) is 0. The number of nitrogens with zero attached hydrogens (tertiary/aromatic N) is 2. The summed E-state index contributed by atoms with van der Waals surface area (Å²) in [4.78, 5) is 14.1. The topological polar surface area (TPSA) is 56.0 Å². The minimum Gasteiger partial charge on any atom is -0.258 e. The van der Waals surface area contributed by atoms with Crippen LogP contribution in [-0.2, 0) is 0 Å². The molecule has 0 amide bonds. The lowest BCUT2D eigenvalue weighted by Gasteiger charge is -1.92. The highest BCUT2D eigenvalue weighted by Gasteiger charge is 2.11. The highest BCUT2D eigenvalue weighted by Crippen LogP contribution is 2.13. The van der Waals surface area contributed by atoms with Gasteiger partial charge in [0.25, 0.3) is 0 Å². The maximum Gasteiger partial charge on any atom is 0.303 e. The first-order chi connectivity index (χ1) is 8.27. The molecule has 0 aliphatic carbocycles. The summed E-state index contributed by atoms with van der Waals surface area (Å²) < 4.78 is 0. The molecule has 0 spiro atoms. The zero-order valence-electron chi connectivity index (χ0n) is 8.83. The van der Waals surface area contributed by atoms with Gasteiger partial charge < -0.3 is 0 Å². The van der Waals surface area contributed by atoms with Crippen molar-refractivity contribution in [3.05, 3.63) is 70.0 Å². The monoisotopic (exact) mass is 224 g/mol. The molecule has 0 radical (unpaired) electrons. The zero-order chi connectivity index (χ0) is 12.1. The van der Waals surface area contributed by atoms with Gasteiger partial charge in [-0.25, -0.2) is 4.98 Å². The van der Waals surface area contributed by atoms with Gasteiger partial charge in [-0.1, -0.05) is 24.1 Å². The van der Waals surface area contributed by atoms with Gasteiger partial charge in [0.15, 0.2) is 5.69 Å². The molecule has 2 aromatic rings. The Morgan fingerprint density at radius 2 is 1.82 bits per heavy atom. The van der Waals surface area contributed by atoms with E-state index < -0.39 is 4.92 Å². The fourth-order valence-electron chi connectivity index (χ4n) is 1.29. The molecule has 0 aliphatic rings.